The van der Waals surface area contributed by atoms with Gasteiger partial charge in [-0.15, -0.1) is 0 Å². The maximum Gasteiger partial charge on any atom is 0.227 e. The van der Waals surface area contributed by atoms with Crippen molar-refractivity contribution in [3.63, 3.8) is 0 Å². The molecule has 1 amide bonds. The van der Waals surface area contributed by atoms with Gasteiger partial charge in [-0.2, -0.15) is 0 Å². The number of pyridine rings is 1. The largest absolute Gasteiger partial charge is 0.333 e. The van der Waals surface area contributed by atoms with Gasteiger partial charge in [-0.25, -0.2) is 0 Å². The molecule has 1 aromatic heterocycles. The number of hydrogen-bond donors (Lipinski definition) is 1. The molecule has 150 valence electrons. The van der Waals surface area contributed by atoms with Gasteiger partial charge in [0.2, 0.25) is 5.91 Å². The molecule has 1 N–H and O–H groups in total. The van der Waals surface area contributed by atoms with Crippen molar-refractivity contribution in [3.8, 4) is 0 Å². The summed E-state index contributed by atoms with van der Waals surface area (Å²) >= 11 is 0. The highest BCUT2D eigenvalue weighted by atomic mass is 16.2. The zero-order valence-electron chi connectivity index (χ0n) is 17.1. The molecule has 1 unspecified atom stereocenters. The van der Waals surface area contributed by atoms with Crippen molar-refractivity contribution in [3.05, 3.63) is 65.5 Å². The van der Waals surface area contributed by atoms with Gasteiger partial charge in [0.1, 0.15) is 0 Å². The van der Waals surface area contributed by atoms with Gasteiger partial charge < -0.3 is 10.2 Å². The Kier molecular flexibility index (Phi) is 8.04. The Bertz CT molecular complexity index is 706. The molecule has 1 atom stereocenters. The van der Waals surface area contributed by atoms with E-state index in [1.54, 1.807) is 0 Å². The van der Waals surface area contributed by atoms with Crippen molar-refractivity contribution in [2.75, 3.05) is 13.1 Å². The predicted octanol–water partition coefficient (Wildman–Crippen LogP) is 4.14. The van der Waals surface area contributed by atoms with Crippen molar-refractivity contribution in [2.24, 2.45) is 0 Å². The standard InChI is InChI=1S/C24H33N3O/c1-2-3-7-20-10-12-21(13-11-20)18-24(28)27(19-22-8-4-5-16-26-22)23-9-6-15-25-17-14-23/h4-5,8,10-13,16,23,25H,2-3,6-7,9,14-15,17-19H2,1H3. The number of unbranched alkanes of at least 4 members (excludes halogenated alkanes) is 1. The first-order valence-corrected chi connectivity index (χ1v) is 10.7. The molecule has 0 spiro atoms. The SMILES string of the molecule is CCCCc1ccc(CC(=O)N(Cc2ccccn2)C2CCCNCC2)cc1. The molecule has 1 aliphatic heterocycles. The minimum Gasteiger partial charge on any atom is -0.333 e. The molecule has 1 aromatic carbocycles. The van der Waals surface area contributed by atoms with E-state index < -0.39 is 0 Å². The van der Waals surface area contributed by atoms with E-state index in [2.05, 4.69) is 46.4 Å². The van der Waals surface area contributed by atoms with Crippen LogP contribution in [-0.4, -0.2) is 34.9 Å². The Labute approximate surface area is 169 Å². The van der Waals surface area contributed by atoms with Crippen LogP contribution < -0.4 is 5.32 Å². The van der Waals surface area contributed by atoms with Crippen LogP contribution in [0.2, 0.25) is 0 Å². The summed E-state index contributed by atoms with van der Waals surface area (Å²) in [5.74, 6) is 0.207. The third kappa shape index (κ3) is 6.16. The third-order valence-electron chi connectivity index (χ3n) is 5.56. The number of carbonyl (C=O) groups is 1. The maximum atomic E-state index is 13.3. The first-order chi connectivity index (χ1) is 13.8. The molecule has 2 aromatic rings. The Balaban J connectivity index is 1.70. The van der Waals surface area contributed by atoms with Crippen molar-refractivity contribution in [1.82, 2.24) is 15.2 Å². The molecule has 1 fully saturated rings. The number of aryl methyl sites for hydroxylation is 1. The van der Waals surface area contributed by atoms with Crippen LogP contribution >= 0.6 is 0 Å². The van der Waals surface area contributed by atoms with Crippen LogP contribution in [0, 0.1) is 0 Å². The molecule has 0 aliphatic carbocycles. The number of amides is 1. The van der Waals surface area contributed by atoms with Gasteiger partial charge in [-0.05, 0) is 68.5 Å². The summed E-state index contributed by atoms with van der Waals surface area (Å²) in [5.41, 5.74) is 3.42. The molecule has 2 heterocycles. The van der Waals surface area contributed by atoms with Crippen LogP contribution in [0.5, 0.6) is 0 Å². The molecular weight excluding hydrogens is 346 g/mol. The molecule has 1 aliphatic rings. The monoisotopic (exact) mass is 379 g/mol. The summed E-state index contributed by atoms with van der Waals surface area (Å²) in [6, 6.07) is 14.8. The van der Waals surface area contributed by atoms with Crippen LogP contribution in [-0.2, 0) is 24.2 Å². The zero-order chi connectivity index (χ0) is 19.6. The molecule has 3 rings (SSSR count). The van der Waals surface area contributed by atoms with Gasteiger partial charge >= 0.3 is 0 Å². The second-order valence-electron chi connectivity index (χ2n) is 7.77. The van der Waals surface area contributed by atoms with E-state index in [0.717, 1.165) is 50.0 Å². The van der Waals surface area contributed by atoms with Gasteiger partial charge in [0.25, 0.3) is 0 Å². The highest BCUT2D eigenvalue weighted by Crippen LogP contribution is 2.18. The Morgan fingerprint density at radius 2 is 1.93 bits per heavy atom. The van der Waals surface area contributed by atoms with E-state index in [-0.39, 0.29) is 11.9 Å². The Hall–Kier alpha value is -2.20. The van der Waals surface area contributed by atoms with E-state index in [4.69, 9.17) is 0 Å². The molecule has 0 saturated carbocycles. The van der Waals surface area contributed by atoms with E-state index in [0.29, 0.717) is 13.0 Å². The number of nitrogens with zero attached hydrogens (tertiary/aromatic N) is 2. The average Bonchev–Trinajstić information content (AvgIpc) is 3.01. The summed E-state index contributed by atoms with van der Waals surface area (Å²) in [7, 11) is 0. The lowest BCUT2D eigenvalue weighted by molar-refractivity contribution is -0.133. The third-order valence-corrected chi connectivity index (χ3v) is 5.56. The minimum absolute atomic E-state index is 0.207. The van der Waals surface area contributed by atoms with E-state index >= 15 is 0 Å². The molecule has 4 heteroatoms. The highest BCUT2D eigenvalue weighted by molar-refractivity contribution is 5.79. The Morgan fingerprint density at radius 3 is 2.68 bits per heavy atom. The molecule has 28 heavy (non-hydrogen) atoms. The number of rotatable bonds is 8. The van der Waals surface area contributed by atoms with Gasteiger partial charge in [0, 0.05) is 12.2 Å². The van der Waals surface area contributed by atoms with Crippen LogP contribution in [0.15, 0.2) is 48.7 Å². The number of hydrogen-bond acceptors (Lipinski definition) is 3. The topological polar surface area (TPSA) is 45.2 Å². The summed E-state index contributed by atoms with van der Waals surface area (Å²) < 4.78 is 0. The molecular formula is C24H33N3O. The van der Waals surface area contributed by atoms with Crippen LogP contribution in [0.3, 0.4) is 0 Å². The summed E-state index contributed by atoms with van der Waals surface area (Å²) in [5, 5.41) is 3.45. The lowest BCUT2D eigenvalue weighted by Gasteiger charge is -2.31. The van der Waals surface area contributed by atoms with E-state index in [1.807, 2.05) is 24.4 Å². The number of aromatic nitrogens is 1. The second kappa shape index (κ2) is 11.0. The molecule has 0 bridgehead atoms. The van der Waals surface area contributed by atoms with Crippen molar-refractivity contribution < 1.29 is 4.79 Å². The molecule has 1 saturated heterocycles. The first kappa shape index (κ1) is 20.5. The van der Waals surface area contributed by atoms with Crippen molar-refractivity contribution in [2.45, 2.75) is 64.5 Å². The fourth-order valence-electron chi connectivity index (χ4n) is 3.88. The second-order valence-corrected chi connectivity index (χ2v) is 7.77. The maximum absolute atomic E-state index is 13.3. The summed E-state index contributed by atoms with van der Waals surface area (Å²) in [6.45, 7) is 4.83. The number of carbonyl (C=O) groups excluding carboxylic acids is 1. The number of nitrogens with one attached hydrogen (secondary N) is 1. The van der Waals surface area contributed by atoms with Gasteiger partial charge in [0.15, 0.2) is 0 Å². The average molecular weight is 380 g/mol. The lowest BCUT2D eigenvalue weighted by Crippen LogP contribution is -2.41. The van der Waals surface area contributed by atoms with Gasteiger partial charge in [0.05, 0.1) is 18.7 Å². The van der Waals surface area contributed by atoms with Crippen molar-refractivity contribution >= 4 is 5.91 Å². The van der Waals surface area contributed by atoms with Crippen LogP contribution in [0.4, 0.5) is 0 Å². The summed E-state index contributed by atoms with van der Waals surface area (Å²) in [4.78, 5) is 19.8. The normalized spacial score (nSPS) is 17.1. The molecule has 4 nitrogen and oxygen atoms in total. The fraction of sp³-hybridized carbons (Fsp3) is 0.500. The Morgan fingerprint density at radius 1 is 1.11 bits per heavy atom. The van der Waals surface area contributed by atoms with Gasteiger partial charge in [-0.3, -0.25) is 9.78 Å². The lowest BCUT2D eigenvalue weighted by atomic mass is 10.0. The van der Waals surface area contributed by atoms with E-state index in [9.17, 15) is 4.79 Å². The minimum atomic E-state index is 0.207. The van der Waals surface area contributed by atoms with Crippen LogP contribution in [0.1, 0.15) is 55.8 Å². The van der Waals surface area contributed by atoms with Gasteiger partial charge in [-0.1, -0.05) is 43.7 Å². The van der Waals surface area contributed by atoms with E-state index in [1.165, 1.54) is 18.4 Å². The smallest absolute Gasteiger partial charge is 0.227 e. The quantitative estimate of drug-likeness (QED) is 0.750. The predicted molar refractivity (Wildman–Crippen MR) is 114 cm³/mol. The number of benzene rings is 1. The summed E-state index contributed by atoms with van der Waals surface area (Å²) in [6.07, 6.45) is 8.99. The fourth-order valence-corrected chi connectivity index (χ4v) is 3.88. The highest BCUT2D eigenvalue weighted by Gasteiger charge is 2.25. The van der Waals surface area contributed by atoms with Crippen LogP contribution in [0.25, 0.3) is 0 Å². The molecule has 0 radical (unpaired) electrons. The van der Waals surface area contributed by atoms with Crippen molar-refractivity contribution in [1.29, 1.82) is 0 Å². The first-order valence-electron chi connectivity index (χ1n) is 10.7. The zero-order valence-corrected chi connectivity index (χ0v) is 17.1.